The lowest BCUT2D eigenvalue weighted by Crippen LogP contribution is -2.46. The monoisotopic (exact) mass is 268 g/mol. The number of hydrogen-bond donors (Lipinski definition) is 2. The highest BCUT2D eigenvalue weighted by Crippen LogP contribution is 2.22. The number of carbonyl (C=O) groups excluding carboxylic acids is 1. The van der Waals surface area contributed by atoms with Crippen molar-refractivity contribution in [2.45, 2.75) is 45.1 Å². The fourth-order valence-electron chi connectivity index (χ4n) is 2.44. The number of nitrogens with zero attached hydrogens (tertiary/aromatic N) is 1. The van der Waals surface area contributed by atoms with Crippen LogP contribution in [0.3, 0.4) is 0 Å². The van der Waals surface area contributed by atoms with E-state index < -0.39 is 5.97 Å². The average Bonchev–Trinajstić information content (AvgIpc) is 2.53. The Balaban J connectivity index is 2.50. The standard InChI is InChI=1S/C14H24N2O3/c1-3-9-16(10-13(17)18)14(19)15-12-6-4-5-11(2)7-8-12/h3,11-12H,1,4-10H2,2H3,(H,15,19)(H,17,18). The molecule has 0 saturated heterocycles. The van der Waals surface area contributed by atoms with Crippen molar-refractivity contribution in [2.24, 2.45) is 5.92 Å². The third-order valence-corrected chi connectivity index (χ3v) is 3.55. The van der Waals surface area contributed by atoms with Gasteiger partial charge in [-0.05, 0) is 25.2 Å². The molecule has 19 heavy (non-hydrogen) atoms. The number of amides is 2. The minimum atomic E-state index is -1.01. The smallest absolute Gasteiger partial charge is 0.323 e. The van der Waals surface area contributed by atoms with Crippen LogP contribution >= 0.6 is 0 Å². The zero-order chi connectivity index (χ0) is 14.3. The van der Waals surface area contributed by atoms with Gasteiger partial charge in [-0.1, -0.05) is 25.8 Å². The second-order valence-electron chi connectivity index (χ2n) is 5.32. The van der Waals surface area contributed by atoms with Gasteiger partial charge < -0.3 is 15.3 Å². The highest BCUT2D eigenvalue weighted by molar-refractivity contribution is 5.80. The van der Waals surface area contributed by atoms with Crippen molar-refractivity contribution < 1.29 is 14.7 Å². The van der Waals surface area contributed by atoms with E-state index in [1.54, 1.807) is 0 Å². The van der Waals surface area contributed by atoms with E-state index in [1.165, 1.54) is 17.4 Å². The molecular weight excluding hydrogens is 244 g/mol. The van der Waals surface area contributed by atoms with Crippen molar-refractivity contribution in [3.05, 3.63) is 12.7 Å². The molecule has 2 N–H and O–H groups in total. The number of aliphatic carboxylic acids is 1. The van der Waals surface area contributed by atoms with Gasteiger partial charge in [-0.2, -0.15) is 0 Å². The Morgan fingerprint density at radius 3 is 2.74 bits per heavy atom. The summed E-state index contributed by atoms with van der Waals surface area (Å²) in [6.07, 6.45) is 6.93. The molecule has 0 spiro atoms. The number of carbonyl (C=O) groups is 2. The largest absolute Gasteiger partial charge is 0.480 e. The summed E-state index contributed by atoms with van der Waals surface area (Å²) < 4.78 is 0. The van der Waals surface area contributed by atoms with Crippen LogP contribution in [-0.2, 0) is 4.79 Å². The van der Waals surface area contributed by atoms with E-state index in [2.05, 4.69) is 18.8 Å². The van der Waals surface area contributed by atoms with Crippen LogP contribution in [0.15, 0.2) is 12.7 Å². The summed E-state index contributed by atoms with van der Waals surface area (Å²) in [7, 11) is 0. The molecule has 1 fully saturated rings. The lowest BCUT2D eigenvalue weighted by Gasteiger charge is -2.23. The number of rotatable bonds is 5. The molecular formula is C14H24N2O3. The summed E-state index contributed by atoms with van der Waals surface area (Å²) in [5.41, 5.74) is 0. The van der Waals surface area contributed by atoms with Crippen LogP contribution in [0.1, 0.15) is 39.0 Å². The number of urea groups is 1. The number of hydrogen-bond acceptors (Lipinski definition) is 2. The zero-order valence-corrected chi connectivity index (χ0v) is 11.6. The van der Waals surface area contributed by atoms with Gasteiger partial charge in [0.05, 0.1) is 0 Å². The van der Waals surface area contributed by atoms with Crippen LogP contribution in [0, 0.1) is 5.92 Å². The normalized spacial score (nSPS) is 23.2. The van der Waals surface area contributed by atoms with E-state index in [0.29, 0.717) is 5.92 Å². The molecule has 5 heteroatoms. The molecule has 0 aromatic carbocycles. The molecule has 0 aromatic rings. The van der Waals surface area contributed by atoms with Crippen molar-refractivity contribution in [2.75, 3.05) is 13.1 Å². The molecule has 0 aliphatic heterocycles. The number of carboxylic acid groups (broad SMARTS) is 1. The maximum atomic E-state index is 12.0. The lowest BCUT2D eigenvalue weighted by molar-refractivity contribution is -0.137. The Morgan fingerprint density at radius 2 is 2.11 bits per heavy atom. The number of nitrogens with one attached hydrogen (secondary N) is 1. The van der Waals surface area contributed by atoms with Crippen LogP contribution < -0.4 is 5.32 Å². The lowest BCUT2D eigenvalue weighted by atomic mass is 10.0. The van der Waals surface area contributed by atoms with Gasteiger partial charge in [0.2, 0.25) is 0 Å². The highest BCUT2D eigenvalue weighted by Gasteiger charge is 2.21. The Bertz CT molecular complexity index is 331. The van der Waals surface area contributed by atoms with Crippen molar-refractivity contribution in [1.29, 1.82) is 0 Å². The zero-order valence-electron chi connectivity index (χ0n) is 11.6. The van der Waals surface area contributed by atoms with Crippen molar-refractivity contribution >= 4 is 12.0 Å². The summed E-state index contributed by atoms with van der Waals surface area (Å²) in [5.74, 6) is -0.295. The number of carboxylic acids is 1. The van der Waals surface area contributed by atoms with Crippen molar-refractivity contribution in [1.82, 2.24) is 10.2 Å². The first kappa shape index (κ1) is 15.5. The molecule has 2 atom stereocenters. The molecule has 2 amide bonds. The van der Waals surface area contributed by atoms with Gasteiger partial charge in [0.15, 0.2) is 0 Å². The molecule has 0 radical (unpaired) electrons. The molecule has 0 aromatic heterocycles. The first-order chi connectivity index (χ1) is 9.02. The highest BCUT2D eigenvalue weighted by atomic mass is 16.4. The topological polar surface area (TPSA) is 69.6 Å². The van der Waals surface area contributed by atoms with Gasteiger partial charge in [0.25, 0.3) is 0 Å². The quantitative estimate of drug-likeness (QED) is 0.593. The first-order valence-corrected chi connectivity index (χ1v) is 6.91. The molecule has 1 rings (SSSR count). The third-order valence-electron chi connectivity index (χ3n) is 3.55. The summed E-state index contributed by atoms with van der Waals surface area (Å²) in [5, 5.41) is 11.7. The minimum absolute atomic E-state index is 0.165. The van der Waals surface area contributed by atoms with E-state index in [1.807, 2.05) is 0 Å². The van der Waals surface area contributed by atoms with Gasteiger partial charge in [0, 0.05) is 12.6 Å². The Labute approximate surface area is 114 Å². The Kier molecular flexibility index (Phi) is 6.39. The molecule has 108 valence electrons. The molecule has 0 heterocycles. The van der Waals surface area contributed by atoms with E-state index in [0.717, 1.165) is 25.7 Å². The summed E-state index contributed by atoms with van der Waals surface area (Å²) in [6.45, 7) is 5.74. The SMILES string of the molecule is C=CCN(CC(=O)O)C(=O)NC1CCCC(C)CC1. The summed E-state index contributed by atoms with van der Waals surface area (Å²) >= 11 is 0. The predicted octanol–water partition coefficient (Wildman–Crippen LogP) is 2.24. The van der Waals surface area contributed by atoms with E-state index in [4.69, 9.17) is 5.11 Å². The van der Waals surface area contributed by atoms with Gasteiger partial charge in [-0.3, -0.25) is 4.79 Å². The van der Waals surface area contributed by atoms with Gasteiger partial charge in [0.1, 0.15) is 6.54 Å². The van der Waals surface area contributed by atoms with Crippen LogP contribution in [-0.4, -0.2) is 41.1 Å². The van der Waals surface area contributed by atoms with E-state index in [9.17, 15) is 9.59 Å². The maximum Gasteiger partial charge on any atom is 0.323 e. The molecule has 0 bridgehead atoms. The fourth-order valence-corrected chi connectivity index (χ4v) is 2.44. The second-order valence-corrected chi connectivity index (χ2v) is 5.32. The average molecular weight is 268 g/mol. The van der Waals surface area contributed by atoms with Crippen LogP contribution in [0.25, 0.3) is 0 Å². The van der Waals surface area contributed by atoms with Crippen LogP contribution in [0.2, 0.25) is 0 Å². The van der Waals surface area contributed by atoms with Gasteiger partial charge >= 0.3 is 12.0 Å². The molecule has 1 aliphatic rings. The van der Waals surface area contributed by atoms with Gasteiger partial charge in [-0.25, -0.2) is 4.79 Å². The van der Waals surface area contributed by atoms with Crippen molar-refractivity contribution in [3.8, 4) is 0 Å². The maximum absolute atomic E-state index is 12.0. The van der Waals surface area contributed by atoms with Crippen LogP contribution in [0.5, 0.6) is 0 Å². The summed E-state index contributed by atoms with van der Waals surface area (Å²) in [4.78, 5) is 24.0. The first-order valence-electron chi connectivity index (χ1n) is 6.91. The van der Waals surface area contributed by atoms with E-state index >= 15 is 0 Å². The third kappa shape index (κ3) is 5.77. The fraction of sp³-hybridized carbons (Fsp3) is 0.714. The van der Waals surface area contributed by atoms with E-state index in [-0.39, 0.29) is 25.2 Å². The summed E-state index contributed by atoms with van der Waals surface area (Å²) in [6, 6.07) is -0.139. The minimum Gasteiger partial charge on any atom is -0.480 e. The second kappa shape index (κ2) is 7.81. The predicted molar refractivity (Wildman–Crippen MR) is 74.0 cm³/mol. The Morgan fingerprint density at radius 1 is 1.37 bits per heavy atom. The molecule has 5 nitrogen and oxygen atoms in total. The van der Waals surface area contributed by atoms with Gasteiger partial charge in [-0.15, -0.1) is 6.58 Å². The molecule has 1 saturated carbocycles. The Hall–Kier alpha value is -1.52. The van der Waals surface area contributed by atoms with Crippen molar-refractivity contribution in [3.63, 3.8) is 0 Å². The molecule has 1 aliphatic carbocycles. The van der Waals surface area contributed by atoms with Crippen LogP contribution in [0.4, 0.5) is 4.79 Å². The molecule has 2 unspecified atom stereocenters.